The van der Waals surface area contributed by atoms with Crippen LogP contribution in [-0.4, -0.2) is 60.2 Å². The molecule has 0 aliphatic carbocycles. The molecule has 0 atom stereocenters. The predicted octanol–water partition coefficient (Wildman–Crippen LogP) is 4.65. The van der Waals surface area contributed by atoms with Crippen molar-refractivity contribution in [3.8, 4) is 45.6 Å². The molecule has 0 spiro atoms. The second kappa shape index (κ2) is 9.85. The van der Waals surface area contributed by atoms with Crippen LogP contribution in [-0.2, 0) is 10.1 Å². The van der Waals surface area contributed by atoms with E-state index in [9.17, 15) is 13.0 Å². The van der Waals surface area contributed by atoms with Crippen molar-refractivity contribution in [3.63, 3.8) is 0 Å². The number of rotatable bonds is 1. The summed E-state index contributed by atoms with van der Waals surface area (Å²) in [5.74, 6) is 1.54. The van der Waals surface area contributed by atoms with Crippen molar-refractivity contribution < 1.29 is 13.0 Å². The number of aromatic nitrogens is 8. The maximum absolute atomic E-state index is 11.9. The topological polar surface area (TPSA) is 163 Å². The molecule has 8 bridgehead atoms. The fraction of sp³-hybridized carbons (Fsp3) is 0. The number of benzene rings is 4. The van der Waals surface area contributed by atoms with Gasteiger partial charge in [-0.05, 0) is 33.7 Å². The molecule has 210 valence electrons. The molecule has 0 N–H and O–H groups in total. The molecule has 0 amide bonds. The second-order valence-corrected chi connectivity index (χ2v) is 11.7. The van der Waals surface area contributed by atoms with Crippen LogP contribution in [0.5, 0.6) is 0 Å². The Morgan fingerprint density at radius 3 is 1.22 bits per heavy atom. The predicted molar refractivity (Wildman–Crippen MR) is 168 cm³/mol. The van der Waals surface area contributed by atoms with Gasteiger partial charge in [-0.2, -0.15) is 0 Å². The third kappa shape index (κ3) is 4.25. The largest absolute Gasteiger partial charge is 3.00 e. The molecule has 11 nitrogen and oxygen atoms in total. The Morgan fingerprint density at radius 2 is 0.822 bits per heavy atom. The van der Waals surface area contributed by atoms with Crippen LogP contribution in [0.2, 0.25) is 0 Å². The summed E-state index contributed by atoms with van der Waals surface area (Å²) in [7, 11) is -4.74. The van der Waals surface area contributed by atoms with E-state index in [1.165, 1.54) is 18.2 Å². The Labute approximate surface area is 265 Å². The van der Waals surface area contributed by atoms with E-state index in [1.807, 2.05) is 72.8 Å². The normalized spacial score (nSPS) is 12.1. The molecule has 0 unspecified atom stereocenters. The van der Waals surface area contributed by atoms with Crippen LogP contribution in [0.3, 0.4) is 0 Å². The van der Waals surface area contributed by atoms with Crippen molar-refractivity contribution in [2.45, 2.75) is 4.90 Å². The first-order valence-electron chi connectivity index (χ1n) is 13.5. The molecule has 9 rings (SSSR count). The minimum atomic E-state index is -4.74. The van der Waals surface area contributed by atoms with Crippen LogP contribution < -0.4 is 9.97 Å². The van der Waals surface area contributed by atoms with E-state index < -0.39 is 15.0 Å². The molecule has 0 saturated heterocycles. The Morgan fingerprint density at radius 1 is 0.467 bits per heavy atom. The average molecular weight is 619 g/mol. The van der Waals surface area contributed by atoms with Gasteiger partial charge in [-0.3, -0.25) is 0 Å². The standard InChI is InChI=1S/C32H16N8O3S.Al/c41-44(42,43)16-13-14-23-24(15-16)32-39-30-22-12-6-5-11-21(22)28(37-30)35-26-18-8-2-1-7-17(18)25(33-26)34-27-19-9-3-4-10-20(19)29(36-27)38-31(23)40-32;/h1-15H,(H-2,33,34,35,36,37,38,39,40,41,42,43);/q-2;+3/p-1. The summed E-state index contributed by atoms with van der Waals surface area (Å²) in [5.41, 5.74) is 4.32. The summed E-state index contributed by atoms with van der Waals surface area (Å²) in [5, 5.41) is 2.46. The number of nitrogens with zero attached hydrogens (tertiary/aromatic N) is 8. The molecule has 0 saturated carbocycles. The van der Waals surface area contributed by atoms with E-state index in [0.717, 1.165) is 27.5 Å². The van der Waals surface area contributed by atoms with Gasteiger partial charge < -0.3 is 34.5 Å². The molecule has 13 heteroatoms. The summed E-state index contributed by atoms with van der Waals surface area (Å²) < 4.78 is 35.8. The first-order valence-corrected chi connectivity index (χ1v) is 14.9. The second-order valence-electron chi connectivity index (χ2n) is 10.3. The number of hydrogen-bond acceptors (Lipinski definition) is 9. The summed E-state index contributed by atoms with van der Waals surface area (Å²) in [4.78, 5) is 38.0. The maximum Gasteiger partial charge on any atom is 3.00 e. The Bertz CT molecular complexity index is 2660. The van der Waals surface area contributed by atoms with E-state index >= 15 is 0 Å². The Hall–Kier alpha value is -5.32. The molecule has 7 aromatic rings. The van der Waals surface area contributed by atoms with E-state index in [1.54, 1.807) is 0 Å². The zero-order valence-corrected chi connectivity index (χ0v) is 24.9. The van der Waals surface area contributed by atoms with Crippen molar-refractivity contribution in [2.24, 2.45) is 0 Å². The summed E-state index contributed by atoms with van der Waals surface area (Å²) in [6.45, 7) is 0. The maximum atomic E-state index is 11.9. The van der Waals surface area contributed by atoms with Crippen LogP contribution in [0.1, 0.15) is 0 Å². The SMILES string of the molecule is O=S(=O)([O-])c1ccc2c3nc4nc(nc5[n-]c(nc6nc(nc([n-]3)c2c1)-c1ccccc1-6)c1ccccc51)-c1ccccc1-4.[Al+3]. The van der Waals surface area contributed by atoms with Crippen LogP contribution in [0.25, 0.3) is 89.7 Å². The first-order chi connectivity index (χ1) is 21.4. The van der Waals surface area contributed by atoms with Crippen molar-refractivity contribution in [1.82, 2.24) is 39.9 Å². The third-order valence-corrected chi connectivity index (χ3v) is 8.51. The minimum absolute atomic E-state index is 0. The average Bonchev–Trinajstić information content (AvgIpc) is 3.76. The fourth-order valence-electron chi connectivity index (χ4n) is 5.64. The van der Waals surface area contributed by atoms with Gasteiger partial charge >= 0.3 is 17.4 Å². The first kappa shape index (κ1) is 27.2. The Kier molecular flexibility index (Phi) is 5.96. The van der Waals surface area contributed by atoms with Gasteiger partial charge in [-0.1, -0.05) is 78.9 Å². The molecular weight excluding hydrogens is 603 g/mol. The number of fused-ring (bicyclic) bond motifs is 20. The molecule has 0 fully saturated rings. The Balaban J connectivity index is 0.00000300. The van der Waals surface area contributed by atoms with Crippen LogP contribution in [0.15, 0.2) is 95.9 Å². The monoisotopic (exact) mass is 618 g/mol. The summed E-state index contributed by atoms with van der Waals surface area (Å²) >= 11 is 0. The van der Waals surface area contributed by atoms with Crippen LogP contribution in [0, 0.1) is 0 Å². The van der Waals surface area contributed by atoms with Crippen LogP contribution in [0.4, 0.5) is 0 Å². The van der Waals surface area contributed by atoms with Gasteiger partial charge in [0.1, 0.15) is 10.1 Å². The van der Waals surface area contributed by atoms with Crippen molar-refractivity contribution in [2.75, 3.05) is 0 Å². The molecule has 4 aromatic carbocycles. The molecule has 3 aromatic heterocycles. The van der Waals surface area contributed by atoms with E-state index in [0.29, 0.717) is 50.9 Å². The van der Waals surface area contributed by atoms with Gasteiger partial charge in [0, 0.05) is 44.8 Å². The van der Waals surface area contributed by atoms with Gasteiger partial charge in [0.05, 0.1) is 28.2 Å². The van der Waals surface area contributed by atoms with E-state index in [-0.39, 0.29) is 28.7 Å². The quantitative estimate of drug-likeness (QED) is 0.186. The molecule has 5 heterocycles. The fourth-order valence-corrected chi connectivity index (χ4v) is 6.14. The van der Waals surface area contributed by atoms with Gasteiger partial charge in [-0.25, -0.2) is 18.4 Å². The summed E-state index contributed by atoms with van der Waals surface area (Å²) in [6, 6.07) is 26.8. The molecule has 45 heavy (non-hydrogen) atoms. The van der Waals surface area contributed by atoms with Gasteiger partial charge in [-0.15, -0.1) is 0 Å². The zero-order valence-electron chi connectivity index (χ0n) is 22.9. The van der Waals surface area contributed by atoms with Crippen LogP contribution >= 0.6 is 0 Å². The molecule has 2 aliphatic rings. The van der Waals surface area contributed by atoms with E-state index in [2.05, 4.69) is 0 Å². The zero-order chi connectivity index (χ0) is 29.6. The van der Waals surface area contributed by atoms with Crippen molar-refractivity contribution >= 4 is 71.6 Å². The molecule has 2 aliphatic heterocycles. The van der Waals surface area contributed by atoms with Crippen molar-refractivity contribution in [3.05, 3.63) is 91.0 Å². The molecule has 0 radical (unpaired) electrons. The van der Waals surface area contributed by atoms with Gasteiger partial charge in [0.2, 0.25) is 0 Å². The van der Waals surface area contributed by atoms with E-state index in [4.69, 9.17) is 39.9 Å². The number of hydrogen-bond donors (Lipinski definition) is 0. The smallest absolute Gasteiger partial charge is 0.744 e. The molecular formula is C32H15AlN8O3S. The van der Waals surface area contributed by atoms with Crippen molar-refractivity contribution in [1.29, 1.82) is 0 Å². The minimum Gasteiger partial charge on any atom is -0.744 e. The third-order valence-electron chi connectivity index (χ3n) is 7.68. The van der Waals surface area contributed by atoms with Gasteiger partial charge in [0.25, 0.3) is 0 Å². The van der Waals surface area contributed by atoms with Gasteiger partial charge in [0.15, 0.2) is 0 Å². The summed E-state index contributed by atoms with van der Waals surface area (Å²) in [6.07, 6.45) is 0.